The van der Waals surface area contributed by atoms with Crippen LogP contribution in [-0.4, -0.2) is 25.0 Å². The van der Waals surface area contributed by atoms with Gasteiger partial charge >= 0.3 is 0 Å². The molecule has 1 saturated carbocycles. The van der Waals surface area contributed by atoms with Crippen LogP contribution in [-0.2, 0) is 4.79 Å². The summed E-state index contributed by atoms with van der Waals surface area (Å²) < 4.78 is 0. The summed E-state index contributed by atoms with van der Waals surface area (Å²) >= 11 is 0. The molecule has 1 aliphatic heterocycles. The molecule has 0 radical (unpaired) electrons. The Morgan fingerprint density at radius 1 is 1.40 bits per heavy atom. The summed E-state index contributed by atoms with van der Waals surface area (Å²) in [5.74, 6) is 1.56. The molecule has 0 aromatic carbocycles. The standard InChI is InChI=1S/C12H22N2O/c1-9-5-6-13-8-11(9)14-12(15)7-10-3-2-4-10/h9-11,13H,2-8H2,1H3,(H,14,15). The van der Waals surface area contributed by atoms with Crippen LogP contribution in [0, 0.1) is 11.8 Å². The Balaban J connectivity index is 1.71. The number of carbonyl (C=O) groups excluding carboxylic acids is 1. The van der Waals surface area contributed by atoms with Crippen LogP contribution < -0.4 is 10.6 Å². The molecule has 2 unspecified atom stereocenters. The normalized spacial score (nSPS) is 32.1. The van der Waals surface area contributed by atoms with Crippen LogP contribution in [0.4, 0.5) is 0 Å². The van der Waals surface area contributed by atoms with Crippen LogP contribution in [0.5, 0.6) is 0 Å². The van der Waals surface area contributed by atoms with Crippen molar-refractivity contribution in [3.05, 3.63) is 0 Å². The SMILES string of the molecule is CC1CCNCC1NC(=O)CC1CCC1. The zero-order valence-corrected chi connectivity index (χ0v) is 9.59. The van der Waals surface area contributed by atoms with Crippen molar-refractivity contribution in [3.63, 3.8) is 0 Å². The van der Waals surface area contributed by atoms with E-state index < -0.39 is 0 Å². The summed E-state index contributed by atoms with van der Waals surface area (Å²) in [4.78, 5) is 11.7. The Morgan fingerprint density at radius 3 is 2.80 bits per heavy atom. The lowest BCUT2D eigenvalue weighted by molar-refractivity contribution is -0.123. The molecule has 86 valence electrons. The van der Waals surface area contributed by atoms with Gasteiger partial charge in [-0.1, -0.05) is 13.3 Å². The van der Waals surface area contributed by atoms with Crippen molar-refractivity contribution in [3.8, 4) is 0 Å². The maximum atomic E-state index is 11.7. The van der Waals surface area contributed by atoms with Crippen LogP contribution in [0.2, 0.25) is 0 Å². The number of piperidine rings is 1. The molecule has 2 aliphatic rings. The third-order valence-corrected chi connectivity index (χ3v) is 3.87. The highest BCUT2D eigenvalue weighted by Crippen LogP contribution is 2.29. The van der Waals surface area contributed by atoms with Gasteiger partial charge in [0.25, 0.3) is 0 Å². The number of nitrogens with one attached hydrogen (secondary N) is 2. The molecule has 1 aliphatic carbocycles. The van der Waals surface area contributed by atoms with Gasteiger partial charge in [-0.05, 0) is 37.6 Å². The summed E-state index contributed by atoms with van der Waals surface area (Å²) in [6.07, 6.45) is 5.76. The molecule has 3 heteroatoms. The first-order valence-electron chi connectivity index (χ1n) is 6.26. The van der Waals surface area contributed by atoms with Gasteiger partial charge in [0, 0.05) is 19.0 Å². The predicted molar refractivity (Wildman–Crippen MR) is 60.5 cm³/mol. The number of amides is 1. The van der Waals surface area contributed by atoms with E-state index in [0.29, 0.717) is 17.9 Å². The van der Waals surface area contributed by atoms with Gasteiger partial charge in [0.2, 0.25) is 5.91 Å². The quantitative estimate of drug-likeness (QED) is 0.737. The van der Waals surface area contributed by atoms with Crippen molar-refractivity contribution in [1.82, 2.24) is 10.6 Å². The van der Waals surface area contributed by atoms with E-state index in [-0.39, 0.29) is 5.91 Å². The van der Waals surface area contributed by atoms with Crippen LogP contribution in [0.15, 0.2) is 0 Å². The average molecular weight is 210 g/mol. The second kappa shape index (κ2) is 4.97. The fraction of sp³-hybridized carbons (Fsp3) is 0.917. The summed E-state index contributed by atoms with van der Waals surface area (Å²) in [6, 6.07) is 0.353. The zero-order valence-electron chi connectivity index (χ0n) is 9.59. The lowest BCUT2D eigenvalue weighted by Crippen LogP contribution is -2.50. The van der Waals surface area contributed by atoms with Crippen LogP contribution in [0.1, 0.15) is 39.0 Å². The number of rotatable bonds is 3. The van der Waals surface area contributed by atoms with Gasteiger partial charge in [0.05, 0.1) is 0 Å². The van der Waals surface area contributed by atoms with Gasteiger partial charge in [-0.2, -0.15) is 0 Å². The fourth-order valence-corrected chi connectivity index (χ4v) is 2.41. The van der Waals surface area contributed by atoms with Crippen molar-refractivity contribution in [1.29, 1.82) is 0 Å². The molecular formula is C12H22N2O. The molecule has 0 spiro atoms. The topological polar surface area (TPSA) is 41.1 Å². The molecule has 2 atom stereocenters. The van der Waals surface area contributed by atoms with E-state index >= 15 is 0 Å². The smallest absolute Gasteiger partial charge is 0.220 e. The Kier molecular flexibility index (Phi) is 3.62. The monoisotopic (exact) mass is 210 g/mol. The fourth-order valence-electron chi connectivity index (χ4n) is 2.41. The van der Waals surface area contributed by atoms with Crippen molar-refractivity contribution >= 4 is 5.91 Å². The summed E-state index contributed by atoms with van der Waals surface area (Å²) in [5.41, 5.74) is 0. The van der Waals surface area contributed by atoms with Crippen molar-refractivity contribution < 1.29 is 4.79 Å². The van der Waals surface area contributed by atoms with Crippen LogP contribution in [0.3, 0.4) is 0 Å². The third-order valence-electron chi connectivity index (χ3n) is 3.87. The Labute approximate surface area is 92.0 Å². The van der Waals surface area contributed by atoms with Crippen molar-refractivity contribution in [2.24, 2.45) is 11.8 Å². The van der Waals surface area contributed by atoms with Crippen LogP contribution >= 0.6 is 0 Å². The maximum absolute atomic E-state index is 11.7. The third kappa shape index (κ3) is 2.94. The van der Waals surface area contributed by atoms with E-state index in [9.17, 15) is 4.79 Å². The van der Waals surface area contributed by atoms with E-state index in [1.54, 1.807) is 0 Å². The highest BCUT2D eigenvalue weighted by Gasteiger charge is 2.25. The molecule has 15 heavy (non-hydrogen) atoms. The molecule has 3 nitrogen and oxygen atoms in total. The van der Waals surface area contributed by atoms with Gasteiger partial charge in [-0.25, -0.2) is 0 Å². The van der Waals surface area contributed by atoms with E-state index in [0.717, 1.165) is 19.5 Å². The molecule has 1 heterocycles. The summed E-state index contributed by atoms with van der Waals surface area (Å²) in [6.45, 7) is 4.27. The second-order valence-corrected chi connectivity index (χ2v) is 5.15. The largest absolute Gasteiger partial charge is 0.352 e. The Bertz CT molecular complexity index is 226. The van der Waals surface area contributed by atoms with E-state index in [1.807, 2.05) is 0 Å². The van der Waals surface area contributed by atoms with E-state index in [4.69, 9.17) is 0 Å². The van der Waals surface area contributed by atoms with E-state index in [2.05, 4.69) is 17.6 Å². The Hall–Kier alpha value is -0.570. The average Bonchev–Trinajstić information content (AvgIpc) is 2.16. The molecular weight excluding hydrogens is 188 g/mol. The minimum Gasteiger partial charge on any atom is -0.352 e. The number of hydrogen-bond acceptors (Lipinski definition) is 2. The molecule has 0 bridgehead atoms. The second-order valence-electron chi connectivity index (χ2n) is 5.15. The van der Waals surface area contributed by atoms with Gasteiger partial charge in [-0.3, -0.25) is 4.79 Å². The number of carbonyl (C=O) groups is 1. The minimum absolute atomic E-state index is 0.264. The van der Waals surface area contributed by atoms with Crippen LogP contribution in [0.25, 0.3) is 0 Å². The molecule has 1 saturated heterocycles. The summed E-state index contributed by atoms with van der Waals surface area (Å²) in [7, 11) is 0. The van der Waals surface area contributed by atoms with E-state index in [1.165, 1.54) is 25.7 Å². The van der Waals surface area contributed by atoms with Gasteiger partial charge in [-0.15, -0.1) is 0 Å². The zero-order chi connectivity index (χ0) is 10.7. The van der Waals surface area contributed by atoms with Gasteiger partial charge < -0.3 is 10.6 Å². The highest BCUT2D eigenvalue weighted by atomic mass is 16.1. The molecule has 2 fully saturated rings. The van der Waals surface area contributed by atoms with Crippen molar-refractivity contribution in [2.45, 2.75) is 45.1 Å². The minimum atomic E-state index is 0.264. The maximum Gasteiger partial charge on any atom is 0.220 e. The lowest BCUT2D eigenvalue weighted by Gasteiger charge is -2.31. The number of hydrogen-bond donors (Lipinski definition) is 2. The predicted octanol–water partition coefficient (Wildman–Crippen LogP) is 1.29. The lowest BCUT2D eigenvalue weighted by atomic mass is 9.82. The molecule has 0 aromatic rings. The molecule has 2 N–H and O–H groups in total. The van der Waals surface area contributed by atoms with Gasteiger partial charge in [0.1, 0.15) is 0 Å². The first-order valence-corrected chi connectivity index (χ1v) is 6.26. The Morgan fingerprint density at radius 2 is 2.20 bits per heavy atom. The first-order chi connectivity index (χ1) is 7.25. The first kappa shape index (κ1) is 10.9. The molecule has 0 aromatic heterocycles. The molecule has 2 rings (SSSR count). The summed E-state index contributed by atoms with van der Waals surface area (Å²) in [5, 5.41) is 6.50. The van der Waals surface area contributed by atoms with Crippen molar-refractivity contribution in [2.75, 3.05) is 13.1 Å². The highest BCUT2D eigenvalue weighted by molar-refractivity contribution is 5.76. The molecule has 1 amide bonds. The van der Waals surface area contributed by atoms with Gasteiger partial charge in [0.15, 0.2) is 0 Å².